The second kappa shape index (κ2) is 4.45. The first-order valence-electron chi connectivity index (χ1n) is 4.97. The molecule has 0 radical (unpaired) electrons. The van der Waals surface area contributed by atoms with Crippen LogP contribution in [0.15, 0.2) is 36.7 Å². The van der Waals surface area contributed by atoms with Gasteiger partial charge in [-0.25, -0.2) is 8.78 Å². The predicted octanol–water partition coefficient (Wildman–Crippen LogP) is 2.27. The minimum absolute atomic E-state index is 0.309. The van der Waals surface area contributed by atoms with E-state index in [4.69, 9.17) is 5.73 Å². The molecule has 2 nitrogen and oxygen atoms in total. The van der Waals surface area contributed by atoms with Gasteiger partial charge in [-0.05, 0) is 29.8 Å². The molecule has 0 aliphatic heterocycles. The minimum Gasteiger partial charge on any atom is -0.349 e. The molecule has 2 N–H and O–H groups in total. The fourth-order valence-corrected chi connectivity index (χ4v) is 1.57. The number of halogens is 2. The Morgan fingerprint density at radius 3 is 2.69 bits per heavy atom. The second-order valence-electron chi connectivity index (χ2n) is 3.63. The largest absolute Gasteiger partial charge is 0.349 e. The van der Waals surface area contributed by atoms with Crippen molar-refractivity contribution in [3.05, 3.63) is 59.4 Å². The Morgan fingerprint density at radius 1 is 1.19 bits per heavy atom. The normalized spacial score (nSPS) is 10.7. The van der Waals surface area contributed by atoms with Crippen molar-refractivity contribution in [1.82, 2.24) is 4.57 Å². The number of nitrogens with two attached hydrogens (primary N) is 1. The van der Waals surface area contributed by atoms with Gasteiger partial charge >= 0.3 is 0 Å². The lowest BCUT2D eigenvalue weighted by molar-refractivity contribution is 0.577. The van der Waals surface area contributed by atoms with Crippen LogP contribution < -0.4 is 5.73 Å². The van der Waals surface area contributed by atoms with E-state index in [2.05, 4.69) is 0 Å². The molecule has 84 valence electrons. The number of rotatable bonds is 3. The van der Waals surface area contributed by atoms with Crippen molar-refractivity contribution in [2.45, 2.75) is 13.1 Å². The van der Waals surface area contributed by atoms with E-state index in [1.807, 2.05) is 12.3 Å². The zero-order chi connectivity index (χ0) is 11.5. The molecule has 4 heteroatoms. The zero-order valence-electron chi connectivity index (χ0n) is 8.66. The number of benzene rings is 1. The lowest BCUT2D eigenvalue weighted by Crippen LogP contribution is -2.00. The van der Waals surface area contributed by atoms with Gasteiger partial charge in [0, 0.05) is 31.0 Å². The van der Waals surface area contributed by atoms with Gasteiger partial charge in [-0.3, -0.25) is 0 Å². The standard InChI is InChI=1S/C12H12F2N2/c13-11-1-2-12(14)10(5-11)8-16-4-3-9(6-15)7-16/h1-5,7H,6,8,15H2. The molecule has 0 spiro atoms. The van der Waals surface area contributed by atoms with E-state index in [9.17, 15) is 8.78 Å². The number of aromatic nitrogens is 1. The lowest BCUT2D eigenvalue weighted by Gasteiger charge is -2.04. The molecule has 0 aliphatic rings. The van der Waals surface area contributed by atoms with Crippen LogP contribution in [0.4, 0.5) is 8.78 Å². The van der Waals surface area contributed by atoms with Gasteiger partial charge < -0.3 is 10.3 Å². The Balaban J connectivity index is 2.22. The first-order valence-corrected chi connectivity index (χ1v) is 4.97. The molecule has 0 unspecified atom stereocenters. The summed E-state index contributed by atoms with van der Waals surface area (Å²) in [6, 6.07) is 5.31. The van der Waals surface area contributed by atoms with Crippen molar-refractivity contribution in [1.29, 1.82) is 0 Å². The molecule has 0 fully saturated rings. The number of nitrogens with zero attached hydrogens (tertiary/aromatic N) is 1. The topological polar surface area (TPSA) is 30.9 Å². The van der Waals surface area contributed by atoms with E-state index in [0.717, 1.165) is 17.7 Å². The summed E-state index contributed by atoms with van der Waals surface area (Å²) in [5, 5.41) is 0. The highest BCUT2D eigenvalue weighted by atomic mass is 19.1. The smallest absolute Gasteiger partial charge is 0.128 e. The summed E-state index contributed by atoms with van der Waals surface area (Å²) in [7, 11) is 0. The van der Waals surface area contributed by atoms with Crippen LogP contribution in [-0.2, 0) is 13.1 Å². The molecular weight excluding hydrogens is 210 g/mol. The zero-order valence-corrected chi connectivity index (χ0v) is 8.66. The molecule has 1 aromatic heterocycles. The minimum atomic E-state index is -0.428. The summed E-state index contributed by atoms with van der Waals surface area (Å²) in [5.41, 5.74) is 6.76. The molecule has 16 heavy (non-hydrogen) atoms. The molecule has 0 atom stereocenters. The van der Waals surface area contributed by atoms with Crippen LogP contribution in [0.2, 0.25) is 0 Å². The molecule has 0 aliphatic carbocycles. The van der Waals surface area contributed by atoms with Crippen LogP contribution in [0, 0.1) is 11.6 Å². The quantitative estimate of drug-likeness (QED) is 0.848. The average Bonchev–Trinajstić information content (AvgIpc) is 2.71. The summed E-state index contributed by atoms with van der Waals surface area (Å²) >= 11 is 0. The molecule has 0 saturated heterocycles. The maximum Gasteiger partial charge on any atom is 0.128 e. The molecule has 1 heterocycles. The summed E-state index contributed by atoms with van der Waals surface area (Å²) < 4.78 is 28.0. The van der Waals surface area contributed by atoms with E-state index in [1.165, 1.54) is 6.07 Å². The fraction of sp³-hybridized carbons (Fsp3) is 0.167. The van der Waals surface area contributed by atoms with Gasteiger partial charge in [0.2, 0.25) is 0 Å². The van der Waals surface area contributed by atoms with Gasteiger partial charge in [-0.2, -0.15) is 0 Å². The third-order valence-corrected chi connectivity index (χ3v) is 2.41. The van der Waals surface area contributed by atoms with Crippen molar-refractivity contribution >= 4 is 0 Å². The van der Waals surface area contributed by atoms with Crippen LogP contribution in [0.25, 0.3) is 0 Å². The van der Waals surface area contributed by atoms with E-state index >= 15 is 0 Å². The Hall–Kier alpha value is -1.68. The van der Waals surface area contributed by atoms with Gasteiger partial charge in [0.25, 0.3) is 0 Å². The van der Waals surface area contributed by atoms with Crippen molar-refractivity contribution < 1.29 is 8.78 Å². The van der Waals surface area contributed by atoms with Crippen molar-refractivity contribution in [3.63, 3.8) is 0 Å². The Bertz CT molecular complexity index is 492. The van der Waals surface area contributed by atoms with Crippen LogP contribution in [0.5, 0.6) is 0 Å². The Labute approximate surface area is 92.3 Å². The summed E-state index contributed by atoms with van der Waals surface area (Å²) in [6.45, 7) is 0.752. The van der Waals surface area contributed by atoms with Gasteiger partial charge in [-0.15, -0.1) is 0 Å². The summed E-state index contributed by atoms with van der Waals surface area (Å²) in [4.78, 5) is 0. The van der Waals surface area contributed by atoms with Gasteiger partial charge in [0.15, 0.2) is 0 Å². The molecule has 1 aromatic carbocycles. The SMILES string of the molecule is NCc1ccn(Cc2cc(F)ccc2F)c1. The van der Waals surface area contributed by atoms with E-state index in [1.54, 1.807) is 10.8 Å². The Morgan fingerprint density at radius 2 is 2.00 bits per heavy atom. The molecule has 0 saturated carbocycles. The highest BCUT2D eigenvalue weighted by Crippen LogP contribution is 2.12. The highest BCUT2D eigenvalue weighted by molar-refractivity contribution is 5.20. The van der Waals surface area contributed by atoms with Crippen LogP contribution >= 0.6 is 0 Å². The predicted molar refractivity (Wildman–Crippen MR) is 57.8 cm³/mol. The summed E-state index contributed by atoms with van der Waals surface area (Å²) in [5.74, 6) is -0.827. The Kier molecular flexibility index (Phi) is 3.01. The maximum atomic E-state index is 13.3. The van der Waals surface area contributed by atoms with Crippen LogP contribution in [0.1, 0.15) is 11.1 Å². The van der Waals surface area contributed by atoms with Crippen molar-refractivity contribution in [3.8, 4) is 0 Å². The van der Waals surface area contributed by atoms with E-state index < -0.39 is 11.6 Å². The van der Waals surface area contributed by atoms with E-state index in [-0.39, 0.29) is 0 Å². The monoisotopic (exact) mass is 222 g/mol. The maximum absolute atomic E-state index is 13.3. The molecule has 0 amide bonds. The van der Waals surface area contributed by atoms with Crippen LogP contribution in [0.3, 0.4) is 0 Å². The number of hydrogen-bond donors (Lipinski definition) is 1. The van der Waals surface area contributed by atoms with Crippen LogP contribution in [-0.4, -0.2) is 4.57 Å². The summed E-state index contributed by atoms with van der Waals surface area (Å²) in [6.07, 6.45) is 3.62. The highest BCUT2D eigenvalue weighted by Gasteiger charge is 2.04. The average molecular weight is 222 g/mol. The first-order chi connectivity index (χ1) is 7.69. The third kappa shape index (κ3) is 2.28. The molecule has 0 bridgehead atoms. The van der Waals surface area contributed by atoms with Crippen molar-refractivity contribution in [2.24, 2.45) is 5.73 Å². The number of hydrogen-bond acceptors (Lipinski definition) is 1. The van der Waals surface area contributed by atoms with Gasteiger partial charge in [-0.1, -0.05) is 0 Å². The second-order valence-corrected chi connectivity index (χ2v) is 3.63. The lowest BCUT2D eigenvalue weighted by atomic mass is 10.2. The third-order valence-electron chi connectivity index (χ3n) is 2.41. The van der Waals surface area contributed by atoms with Gasteiger partial charge in [0.05, 0.1) is 0 Å². The molecular formula is C12H12F2N2. The molecule has 2 rings (SSSR count). The first kappa shape index (κ1) is 10.8. The fourth-order valence-electron chi connectivity index (χ4n) is 1.57. The van der Waals surface area contributed by atoms with Crippen molar-refractivity contribution in [2.75, 3.05) is 0 Å². The van der Waals surface area contributed by atoms with E-state index in [0.29, 0.717) is 18.7 Å². The van der Waals surface area contributed by atoms with Gasteiger partial charge in [0.1, 0.15) is 11.6 Å². The molecule has 2 aromatic rings.